The number of aromatic nitrogens is 3. The molecule has 2 aromatic heterocycles. The Kier molecular flexibility index (Phi) is 6.80. The second-order valence-electron chi connectivity index (χ2n) is 6.64. The highest BCUT2D eigenvalue weighted by Crippen LogP contribution is 2.35. The van der Waals surface area contributed by atoms with Crippen molar-refractivity contribution in [3.8, 4) is 23.0 Å². The highest BCUT2D eigenvalue weighted by atomic mass is 35.5. The number of hydrogen-bond acceptors (Lipinski definition) is 6. The molecular weight excluding hydrogens is 449 g/mol. The van der Waals surface area contributed by atoms with E-state index >= 15 is 0 Å². The number of para-hydroxylation sites is 1. The van der Waals surface area contributed by atoms with Gasteiger partial charge in [-0.15, -0.1) is 0 Å². The molecular formula is C20H19Cl2N3O4S. The summed E-state index contributed by atoms with van der Waals surface area (Å²) >= 11 is 12.3. The van der Waals surface area contributed by atoms with Crippen LogP contribution < -0.4 is 10.3 Å². The molecule has 2 heterocycles. The SMILES string of the molecule is CCCS(=O)(=O)Cc1cc(-c2ccc(=O)n(C)c2)nc(Oc2c(Cl)cccc2Cl)n1. The standard InChI is InChI=1S/C20H19Cl2N3O4S/c1-3-9-30(27,28)12-14-10-17(13-7-8-18(26)25(2)11-13)24-20(23-14)29-19-15(21)5-4-6-16(19)22/h4-8,10-11H,3,9,12H2,1-2H3. The largest absolute Gasteiger partial charge is 0.421 e. The van der Waals surface area contributed by atoms with Crippen molar-refractivity contribution in [3.05, 3.63) is 68.7 Å². The zero-order valence-corrected chi connectivity index (χ0v) is 18.6. The Balaban J connectivity index is 2.10. The minimum absolute atomic E-state index is 0.0404. The summed E-state index contributed by atoms with van der Waals surface area (Å²) in [5.74, 6) is -0.0613. The third-order valence-corrected chi connectivity index (χ3v) is 6.50. The van der Waals surface area contributed by atoms with Crippen LogP contribution in [0.5, 0.6) is 11.8 Å². The van der Waals surface area contributed by atoms with E-state index in [9.17, 15) is 13.2 Å². The van der Waals surface area contributed by atoms with Gasteiger partial charge in [-0.25, -0.2) is 8.42 Å². The number of sulfone groups is 1. The number of pyridine rings is 1. The summed E-state index contributed by atoms with van der Waals surface area (Å²) < 4.78 is 31.8. The fraction of sp³-hybridized carbons (Fsp3) is 0.250. The molecule has 0 aliphatic rings. The molecule has 0 aliphatic heterocycles. The Bertz CT molecular complexity index is 1220. The summed E-state index contributed by atoms with van der Waals surface area (Å²) in [6.45, 7) is 1.79. The van der Waals surface area contributed by atoms with E-state index in [1.807, 2.05) is 0 Å². The monoisotopic (exact) mass is 467 g/mol. The van der Waals surface area contributed by atoms with E-state index in [1.165, 1.54) is 10.6 Å². The Morgan fingerprint density at radius 3 is 2.43 bits per heavy atom. The fourth-order valence-corrected chi connectivity index (χ4v) is 4.61. The van der Waals surface area contributed by atoms with E-state index in [4.69, 9.17) is 27.9 Å². The minimum Gasteiger partial charge on any atom is -0.421 e. The lowest BCUT2D eigenvalue weighted by atomic mass is 10.2. The smallest absolute Gasteiger partial charge is 0.322 e. The van der Waals surface area contributed by atoms with Crippen LogP contribution >= 0.6 is 23.2 Å². The first-order valence-corrected chi connectivity index (χ1v) is 11.6. The van der Waals surface area contributed by atoms with Crippen LogP contribution in [0.1, 0.15) is 19.0 Å². The predicted molar refractivity (Wildman–Crippen MR) is 117 cm³/mol. The molecule has 0 saturated carbocycles. The number of aryl methyl sites for hydroxylation is 1. The third kappa shape index (κ3) is 5.38. The van der Waals surface area contributed by atoms with Gasteiger partial charge in [0, 0.05) is 24.9 Å². The predicted octanol–water partition coefficient (Wildman–Crippen LogP) is 4.27. The molecule has 0 bridgehead atoms. The second-order valence-corrected chi connectivity index (χ2v) is 9.64. The van der Waals surface area contributed by atoms with Gasteiger partial charge >= 0.3 is 6.01 Å². The Hall–Kier alpha value is -2.42. The zero-order valence-electron chi connectivity index (χ0n) is 16.3. The normalized spacial score (nSPS) is 11.5. The van der Waals surface area contributed by atoms with Crippen molar-refractivity contribution in [3.63, 3.8) is 0 Å². The highest BCUT2D eigenvalue weighted by Gasteiger charge is 2.17. The first kappa shape index (κ1) is 22.3. The van der Waals surface area contributed by atoms with Crippen LogP contribution in [-0.2, 0) is 22.6 Å². The van der Waals surface area contributed by atoms with Crippen molar-refractivity contribution in [1.29, 1.82) is 0 Å². The van der Waals surface area contributed by atoms with Crippen molar-refractivity contribution >= 4 is 33.0 Å². The molecule has 0 aliphatic carbocycles. The molecule has 0 amide bonds. The number of rotatable bonds is 7. The molecule has 3 rings (SSSR count). The van der Waals surface area contributed by atoms with Crippen molar-refractivity contribution in [2.75, 3.05) is 5.75 Å². The maximum Gasteiger partial charge on any atom is 0.322 e. The van der Waals surface area contributed by atoms with Crippen LogP contribution in [0.2, 0.25) is 10.0 Å². The average molecular weight is 468 g/mol. The van der Waals surface area contributed by atoms with E-state index in [0.29, 0.717) is 17.7 Å². The second kappa shape index (κ2) is 9.16. The molecule has 3 aromatic rings. The van der Waals surface area contributed by atoms with Gasteiger partial charge in [0.2, 0.25) is 5.56 Å². The third-order valence-electron chi connectivity index (χ3n) is 4.14. The lowest BCUT2D eigenvalue weighted by Gasteiger charge is -2.12. The van der Waals surface area contributed by atoms with Crippen LogP contribution in [0.4, 0.5) is 0 Å². The van der Waals surface area contributed by atoms with Crippen LogP contribution in [0.3, 0.4) is 0 Å². The Morgan fingerprint density at radius 2 is 1.80 bits per heavy atom. The van der Waals surface area contributed by atoms with Gasteiger partial charge in [-0.3, -0.25) is 4.79 Å². The average Bonchev–Trinajstić information content (AvgIpc) is 2.66. The van der Waals surface area contributed by atoms with E-state index in [1.54, 1.807) is 50.5 Å². The maximum atomic E-state index is 12.3. The summed E-state index contributed by atoms with van der Waals surface area (Å²) in [6, 6.07) is 9.34. The summed E-state index contributed by atoms with van der Waals surface area (Å²) in [5, 5.41) is 0.525. The molecule has 0 spiro atoms. The van der Waals surface area contributed by atoms with Gasteiger partial charge in [0.05, 0.1) is 32.9 Å². The van der Waals surface area contributed by atoms with Crippen LogP contribution in [0, 0.1) is 0 Å². The van der Waals surface area contributed by atoms with Crippen molar-refractivity contribution in [2.24, 2.45) is 7.05 Å². The van der Waals surface area contributed by atoms with Gasteiger partial charge < -0.3 is 9.30 Å². The molecule has 158 valence electrons. The quantitative estimate of drug-likeness (QED) is 0.515. The van der Waals surface area contributed by atoms with E-state index in [0.717, 1.165) is 0 Å². The Morgan fingerprint density at radius 1 is 1.10 bits per heavy atom. The molecule has 0 atom stereocenters. The molecule has 10 heteroatoms. The van der Waals surface area contributed by atoms with E-state index in [-0.39, 0.29) is 44.6 Å². The van der Waals surface area contributed by atoms with Crippen molar-refractivity contribution in [1.82, 2.24) is 14.5 Å². The lowest BCUT2D eigenvalue weighted by molar-refractivity contribution is 0.441. The fourth-order valence-electron chi connectivity index (χ4n) is 2.77. The number of ether oxygens (including phenoxy) is 1. The number of nitrogens with zero attached hydrogens (tertiary/aromatic N) is 3. The first-order chi connectivity index (χ1) is 14.2. The van der Waals surface area contributed by atoms with Gasteiger partial charge in [-0.1, -0.05) is 36.2 Å². The molecule has 0 radical (unpaired) electrons. The van der Waals surface area contributed by atoms with Gasteiger partial charge in [-0.2, -0.15) is 9.97 Å². The number of hydrogen-bond donors (Lipinski definition) is 0. The van der Waals surface area contributed by atoms with Crippen LogP contribution in [0.25, 0.3) is 11.3 Å². The highest BCUT2D eigenvalue weighted by molar-refractivity contribution is 7.90. The van der Waals surface area contributed by atoms with Gasteiger partial charge in [0.1, 0.15) is 0 Å². The first-order valence-electron chi connectivity index (χ1n) is 9.06. The summed E-state index contributed by atoms with van der Waals surface area (Å²) in [6.07, 6.45) is 2.10. The molecule has 1 aromatic carbocycles. The molecule has 0 saturated heterocycles. The van der Waals surface area contributed by atoms with Gasteiger partial charge in [0.25, 0.3) is 0 Å². The molecule has 30 heavy (non-hydrogen) atoms. The molecule has 0 fully saturated rings. The van der Waals surface area contributed by atoms with Gasteiger partial charge in [0.15, 0.2) is 15.6 Å². The minimum atomic E-state index is -3.36. The van der Waals surface area contributed by atoms with Crippen molar-refractivity contribution in [2.45, 2.75) is 19.1 Å². The van der Waals surface area contributed by atoms with Crippen LogP contribution in [-0.4, -0.2) is 28.7 Å². The zero-order chi connectivity index (χ0) is 21.9. The van der Waals surface area contributed by atoms with E-state index < -0.39 is 9.84 Å². The summed E-state index contributed by atoms with van der Waals surface area (Å²) in [4.78, 5) is 20.3. The topological polar surface area (TPSA) is 91.2 Å². The van der Waals surface area contributed by atoms with E-state index in [2.05, 4.69) is 9.97 Å². The maximum absolute atomic E-state index is 12.3. The molecule has 7 nitrogen and oxygen atoms in total. The van der Waals surface area contributed by atoms with Gasteiger partial charge in [-0.05, 0) is 30.7 Å². The number of halogens is 2. The lowest BCUT2D eigenvalue weighted by Crippen LogP contribution is -2.14. The molecule has 0 N–H and O–H groups in total. The molecule has 0 unspecified atom stereocenters. The van der Waals surface area contributed by atoms with Crippen LogP contribution in [0.15, 0.2) is 47.4 Å². The summed E-state index contributed by atoms with van der Waals surface area (Å²) in [5.41, 5.74) is 1.09. The summed E-state index contributed by atoms with van der Waals surface area (Å²) in [7, 11) is -1.75. The Labute approximate surface area is 184 Å². The number of benzene rings is 1. The van der Waals surface area contributed by atoms with Crippen molar-refractivity contribution < 1.29 is 13.2 Å².